The molecule has 0 saturated heterocycles. The molecule has 1 heterocycles. The summed E-state index contributed by atoms with van der Waals surface area (Å²) in [7, 11) is 0. The van der Waals surface area contributed by atoms with Gasteiger partial charge in [0.2, 0.25) is 0 Å². The van der Waals surface area contributed by atoms with Gasteiger partial charge >= 0.3 is 6.09 Å². The fourth-order valence-corrected chi connectivity index (χ4v) is 5.54. The Morgan fingerprint density at radius 2 is 1.68 bits per heavy atom. The Morgan fingerprint density at radius 3 is 2.45 bits per heavy atom. The van der Waals surface area contributed by atoms with Gasteiger partial charge < -0.3 is 9.47 Å². The topological polar surface area (TPSA) is 55.8 Å². The molecule has 1 aliphatic heterocycles. The van der Waals surface area contributed by atoms with E-state index in [4.69, 9.17) is 9.47 Å². The number of halogens is 1. The number of carbonyl (C=O) groups excluding carboxylic acids is 2. The zero-order valence-electron chi connectivity index (χ0n) is 23.3. The first kappa shape index (κ1) is 27.4. The zero-order valence-corrected chi connectivity index (χ0v) is 23.3. The summed E-state index contributed by atoms with van der Waals surface area (Å²) in [5, 5.41) is 2.15. The van der Waals surface area contributed by atoms with Gasteiger partial charge in [-0.15, -0.1) is 0 Å². The highest BCUT2D eigenvalue weighted by Gasteiger charge is 2.36. The lowest BCUT2D eigenvalue weighted by Gasteiger charge is -2.38. The maximum Gasteiger partial charge on any atom is 0.410 e. The maximum atomic E-state index is 15.4. The summed E-state index contributed by atoms with van der Waals surface area (Å²) in [6, 6.07) is 26.3. The van der Waals surface area contributed by atoms with E-state index in [2.05, 4.69) is 18.2 Å². The van der Waals surface area contributed by atoms with Gasteiger partial charge in [-0.1, -0.05) is 72.8 Å². The monoisotopic (exact) mass is 539 g/mol. The van der Waals surface area contributed by atoms with Crippen LogP contribution in [0, 0.1) is 5.82 Å². The lowest BCUT2D eigenvalue weighted by molar-refractivity contribution is 0.00566. The van der Waals surface area contributed by atoms with Gasteiger partial charge in [-0.3, -0.25) is 9.69 Å². The molecular weight excluding hydrogens is 505 g/mol. The van der Waals surface area contributed by atoms with Crippen LogP contribution < -0.4 is 4.74 Å². The van der Waals surface area contributed by atoms with Gasteiger partial charge in [0, 0.05) is 11.5 Å². The first-order valence-corrected chi connectivity index (χ1v) is 13.6. The predicted octanol–water partition coefficient (Wildman–Crippen LogP) is 8.07. The summed E-state index contributed by atoms with van der Waals surface area (Å²) in [6.07, 6.45) is 0.0836. The second-order valence-electron chi connectivity index (χ2n) is 11.3. The number of amides is 1. The highest BCUT2D eigenvalue weighted by atomic mass is 19.1. The Labute approximate surface area is 234 Å². The van der Waals surface area contributed by atoms with Gasteiger partial charge in [-0.25, -0.2) is 9.18 Å². The molecule has 206 valence electrons. The normalized spacial score (nSPS) is 17.4. The van der Waals surface area contributed by atoms with Crippen LogP contribution in [-0.4, -0.2) is 35.5 Å². The minimum absolute atomic E-state index is 0.0259. The summed E-state index contributed by atoms with van der Waals surface area (Å²) in [5.41, 5.74) is 1.64. The van der Waals surface area contributed by atoms with Crippen molar-refractivity contribution in [1.29, 1.82) is 0 Å². The highest BCUT2D eigenvalue weighted by molar-refractivity contribution is 5.86. The molecular formula is C34H34FNO4. The van der Waals surface area contributed by atoms with E-state index in [0.29, 0.717) is 24.0 Å². The van der Waals surface area contributed by atoms with Crippen LogP contribution in [0.2, 0.25) is 0 Å². The van der Waals surface area contributed by atoms with Gasteiger partial charge in [0.1, 0.15) is 23.3 Å². The third-order valence-electron chi connectivity index (χ3n) is 7.42. The number of hydrogen-bond acceptors (Lipinski definition) is 4. The molecule has 2 unspecified atom stereocenters. The molecule has 0 radical (unpaired) electrons. The molecule has 0 fully saturated rings. The number of nitrogens with zero attached hydrogens (tertiary/aromatic N) is 1. The molecule has 6 heteroatoms. The maximum absolute atomic E-state index is 15.4. The molecule has 4 aromatic carbocycles. The minimum Gasteiger partial charge on any atom is -0.488 e. The van der Waals surface area contributed by atoms with E-state index >= 15 is 4.39 Å². The predicted molar refractivity (Wildman–Crippen MR) is 154 cm³/mol. The van der Waals surface area contributed by atoms with Crippen molar-refractivity contribution < 1.29 is 23.5 Å². The fraction of sp³-hybridized carbons (Fsp3) is 0.294. The van der Waals surface area contributed by atoms with Crippen molar-refractivity contribution in [1.82, 2.24) is 4.90 Å². The molecule has 0 bridgehead atoms. The van der Waals surface area contributed by atoms with Crippen molar-refractivity contribution in [3.63, 3.8) is 0 Å². The molecule has 3 atom stereocenters. The van der Waals surface area contributed by atoms with Crippen molar-refractivity contribution in [2.75, 3.05) is 6.54 Å². The molecule has 1 amide bonds. The largest absolute Gasteiger partial charge is 0.488 e. The molecule has 0 aliphatic carbocycles. The van der Waals surface area contributed by atoms with E-state index < -0.39 is 23.6 Å². The average molecular weight is 540 g/mol. The third kappa shape index (κ3) is 5.57. The number of ether oxygens (including phenoxy) is 2. The van der Waals surface area contributed by atoms with Crippen molar-refractivity contribution >= 4 is 23.2 Å². The first-order chi connectivity index (χ1) is 19.2. The number of benzene rings is 4. The van der Waals surface area contributed by atoms with Crippen LogP contribution in [0.25, 0.3) is 10.8 Å². The Kier molecular flexibility index (Phi) is 7.61. The van der Waals surface area contributed by atoms with Crippen LogP contribution in [0.15, 0.2) is 84.9 Å². The van der Waals surface area contributed by atoms with Crippen molar-refractivity contribution in [2.24, 2.45) is 0 Å². The number of hydrogen-bond donors (Lipinski definition) is 0. The smallest absolute Gasteiger partial charge is 0.410 e. The van der Waals surface area contributed by atoms with Gasteiger partial charge in [-0.2, -0.15) is 0 Å². The molecule has 5 nitrogen and oxygen atoms in total. The van der Waals surface area contributed by atoms with Crippen molar-refractivity contribution in [3.8, 4) is 5.75 Å². The molecule has 5 rings (SSSR count). The number of carbonyl (C=O) groups is 2. The summed E-state index contributed by atoms with van der Waals surface area (Å²) in [5.74, 6) is -0.226. The quantitative estimate of drug-likeness (QED) is 0.233. The van der Waals surface area contributed by atoms with Crippen LogP contribution in [0.4, 0.5) is 9.18 Å². The average Bonchev–Trinajstić information content (AvgIpc) is 2.94. The molecule has 0 aromatic heterocycles. The van der Waals surface area contributed by atoms with E-state index in [-0.39, 0.29) is 24.1 Å². The lowest BCUT2D eigenvalue weighted by atomic mass is 9.83. The number of fused-ring (bicyclic) bond motifs is 2. The summed E-state index contributed by atoms with van der Waals surface area (Å²) < 4.78 is 27.7. The molecule has 1 aliphatic rings. The molecule has 0 N–H and O–H groups in total. The lowest BCUT2D eigenvalue weighted by Crippen LogP contribution is -2.45. The third-order valence-corrected chi connectivity index (χ3v) is 7.42. The number of aldehydes is 1. The highest BCUT2D eigenvalue weighted by Crippen LogP contribution is 2.42. The standard InChI is InChI=1S/C34H34FNO4/c1-22(26-16-9-12-23-11-5-6-14-27(23)26)36(33(38)40-34(2,3)4)20-25-19-30(28-15-7-8-18-31(28)39-25)29-17-10-13-24(21-37)32(29)35/h5-18,21-22,25,30H,19-20H2,1-4H3/t22-,25?,30?/m1/s1. The van der Waals surface area contributed by atoms with E-state index in [1.54, 1.807) is 17.0 Å². The number of rotatable bonds is 6. The van der Waals surface area contributed by atoms with Crippen LogP contribution in [0.1, 0.15) is 73.1 Å². The Balaban J connectivity index is 1.52. The molecule has 0 saturated carbocycles. The number of para-hydroxylation sites is 1. The summed E-state index contributed by atoms with van der Waals surface area (Å²) >= 11 is 0. The van der Waals surface area contributed by atoms with E-state index in [0.717, 1.165) is 21.9 Å². The van der Waals surface area contributed by atoms with Gasteiger partial charge in [0.05, 0.1) is 18.2 Å². The van der Waals surface area contributed by atoms with E-state index in [1.165, 1.54) is 6.07 Å². The van der Waals surface area contributed by atoms with Gasteiger partial charge in [0.25, 0.3) is 0 Å². The second kappa shape index (κ2) is 11.1. The fourth-order valence-electron chi connectivity index (χ4n) is 5.54. The summed E-state index contributed by atoms with van der Waals surface area (Å²) in [6.45, 7) is 7.76. The Hall–Kier alpha value is -4.19. The minimum atomic E-state index is -0.686. The SMILES string of the molecule is C[C@H](c1cccc2ccccc12)N(CC1CC(c2cccc(C=O)c2F)c2ccccc2O1)C(=O)OC(C)(C)C. The van der Waals surface area contributed by atoms with Crippen LogP contribution >= 0.6 is 0 Å². The Bertz CT molecular complexity index is 1540. The molecule has 40 heavy (non-hydrogen) atoms. The van der Waals surface area contributed by atoms with Gasteiger partial charge in [-0.05, 0) is 68.1 Å². The van der Waals surface area contributed by atoms with Crippen molar-refractivity contribution in [2.45, 2.75) is 57.8 Å². The first-order valence-electron chi connectivity index (χ1n) is 13.6. The van der Waals surface area contributed by atoms with Crippen LogP contribution in [0.3, 0.4) is 0 Å². The van der Waals surface area contributed by atoms with E-state index in [1.807, 2.05) is 76.2 Å². The van der Waals surface area contributed by atoms with Crippen molar-refractivity contribution in [3.05, 3.63) is 113 Å². The summed E-state index contributed by atoms with van der Waals surface area (Å²) in [4.78, 5) is 26.9. The van der Waals surface area contributed by atoms with Crippen LogP contribution in [0.5, 0.6) is 5.75 Å². The Morgan fingerprint density at radius 1 is 1.00 bits per heavy atom. The molecule has 0 spiro atoms. The van der Waals surface area contributed by atoms with Gasteiger partial charge in [0.15, 0.2) is 6.29 Å². The second-order valence-corrected chi connectivity index (χ2v) is 11.3. The zero-order chi connectivity index (χ0) is 28.4. The van der Waals surface area contributed by atoms with Crippen LogP contribution in [-0.2, 0) is 4.74 Å². The van der Waals surface area contributed by atoms with E-state index in [9.17, 15) is 9.59 Å². The molecule has 4 aromatic rings.